The van der Waals surface area contributed by atoms with Crippen LogP contribution >= 0.6 is 15.9 Å². The molecule has 0 spiro atoms. The van der Waals surface area contributed by atoms with Gasteiger partial charge in [-0.1, -0.05) is 65.8 Å². The molecule has 0 N–H and O–H groups in total. The van der Waals surface area contributed by atoms with Crippen molar-refractivity contribution in [3.8, 4) is 11.5 Å². The average molecular weight is 475 g/mol. The molecule has 0 amide bonds. The Hall–Kier alpha value is -1.46. The van der Waals surface area contributed by atoms with Gasteiger partial charge in [0.05, 0.1) is 26.4 Å². The molecular formula is C23H27BrO4Si. The summed E-state index contributed by atoms with van der Waals surface area (Å²) in [6.45, 7) is 9.49. The van der Waals surface area contributed by atoms with Crippen molar-refractivity contribution in [2.24, 2.45) is 0 Å². The van der Waals surface area contributed by atoms with E-state index in [9.17, 15) is 0 Å². The third-order valence-electron chi connectivity index (χ3n) is 4.15. The number of hydrogen-bond donors (Lipinski definition) is 0. The Morgan fingerprint density at radius 3 is 1.55 bits per heavy atom. The molecule has 0 atom stereocenters. The largest absolute Gasteiger partial charge is 0.346 e. The van der Waals surface area contributed by atoms with Crippen LogP contribution in [0.5, 0.6) is 0 Å². The maximum atomic E-state index is 5.44. The normalized spacial score (nSPS) is 17.4. The van der Waals surface area contributed by atoms with Crippen molar-refractivity contribution in [1.29, 1.82) is 0 Å². The van der Waals surface area contributed by atoms with E-state index >= 15 is 0 Å². The molecule has 0 bridgehead atoms. The minimum atomic E-state index is -1.29. The Morgan fingerprint density at radius 2 is 1.14 bits per heavy atom. The summed E-state index contributed by atoms with van der Waals surface area (Å²) >= 11 is 3.37. The minimum Gasteiger partial charge on any atom is -0.346 e. The molecule has 2 aliphatic heterocycles. The summed E-state index contributed by atoms with van der Waals surface area (Å²) < 4.78 is 22.6. The van der Waals surface area contributed by atoms with Crippen LogP contribution in [-0.4, -0.2) is 34.5 Å². The summed E-state index contributed by atoms with van der Waals surface area (Å²) in [5.74, 6) is 3.23. The van der Waals surface area contributed by atoms with E-state index in [0.717, 1.165) is 21.2 Å². The Bertz CT molecular complexity index is 822. The fourth-order valence-electron chi connectivity index (χ4n) is 2.70. The van der Waals surface area contributed by atoms with Crippen molar-refractivity contribution in [3.05, 3.63) is 69.7 Å². The molecule has 0 radical (unpaired) electrons. The maximum absolute atomic E-state index is 5.44. The molecule has 0 aliphatic carbocycles. The highest BCUT2D eigenvalue weighted by Gasteiger charge is 2.18. The molecular weight excluding hydrogens is 448 g/mol. The predicted octanol–water partition coefficient (Wildman–Crippen LogP) is 5.46. The van der Waals surface area contributed by atoms with Gasteiger partial charge in [-0.15, -0.1) is 5.54 Å². The number of ether oxygens (including phenoxy) is 4. The second kappa shape index (κ2) is 10.5. The SMILES string of the molecule is Brc1ccc(C2OCCO2)cc1.C[Si](C)(C)C#Cc1ccc(C2OCCO2)cc1. The lowest BCUT2D eigenvalue weighted by Crippen LogP contribution is -2.16. The van der Waals surface area contributed by atoms with Crippen molar-refractivity contribution < 1.29 is 18.9 Å². The molecule has 29 heavy (non-hydrogen) atoms. The molecule has 2 aromatic rings. The van der Waals surface area contributed by atoms with Gasteiger partial charge < -0.3 is 18.9 Å². The summed E-state index contributed by atoms with van der Waals surface area (Å²) in [5, 5.41) is 0. The van der Waals surface area contributed by atoms with Crippen LogP contribution in [-0.2, 0) is 18.9 Å². The van der Waals surface area contributed by atoms with Crippen LogP contribution in [0.15, 0.2) is 53.0 Å². The van der Waals surface area contributed by atoms with E-state index in [-0.39, 0.29) is 12.6 Å². The summed E-state index contributed by atoms with van der Waals surface area (Å²) in [7, 11) is -1.29. The van der Waals surface area contributed by atoms with E-state index in [1.807, 2.05) is 48.5 Å². The van der Waals surface area contributed by atoms with Crippen LogP contribution in [0.25, 0.3) is 0 Å². The van der Waals surface area contributed by atoms with Crippen molar-refractivity contribution in [1.82, 2.24) is 0 Å². The van der Waals surface area contributed by atoms with Gasteiger partial charge in [0.2, 0.25) is 0 Å². The zero-order chi connectivity index (χ0) is 20.7. The minimum absolute atomic E-state index is 0.155. The Balaban J connectivity index is 0.000000176. The number of benzene rings is 2. The number of halogens is 1. The van der Waals surface area contributed by atoms with Crippen molar-refractivity contribution in [3.63, 3.8) is 0 Å². The molecule has 4 nitrogen and oxygen atoms in total. The van der Waals surface area contributed by atoms with Gasteiger partial charge >= 0.3 is 0 Å². The number of rotatable bonds is 2. The lowest BCUT2D eigenvalue weighted by Gasteiger charge is -2.08. The highest BCUT2D eigenvalue weighted by atomic mass is 79.9. The second-order valence-corrected chi connectivity index (χ2v) is 13.5. The Morgan fingerprint density at radius 1 is 0.724 bits per heavy atom. The lowest BCUT2D eigenvalue weighted by atomic mass is 10.1. The van der Waals surface area contributed by atoms with E-state index in [2.05, 4.69) is 47.0 Å². The fourth-order valence-corrected chi connectivity index (χ4v) is 3.49. The molecule has 2 heterocycles. The molecule has 0 aromatic heterocycles. The highest BCUT2D eigenvalue weighted by Crippen LogP contribution is 2.24. The molecule has 4 rings (SSSR count). The molecule has 2 aromatic carbocycles. The predicted molar refractivity (Wildman–Crippen MR) is 120 cm³/mol. The standard InChI is InChI=1S/C14H18O2Si.C9H9BrO2/c1-17(2,3)11-8-12-4-6-13(7-5-12)14-15-9-10-16-14;10-8-3-1-7(2-4-8)9-11-5-6-12-9/h4-7,14H,9-10H2,1-3H3;1-4,9H,5-6H2. The molecule has 0 saturated carbocycles. The third-order valence-corrected chi connectivity index (χ3v) is 5.55. The topological polar surface area (TPSA) is 36.9 Å². The average Bonchev–Trinajstić information content (AvgIpc) is 3.42. The van der Waals surface area contributed by atoms with Crippen LogP contribution < -0.4 is 0 Å². The van der Waals surface area contributed by atoms with Crippen LogP contribution in [0.3, 0.4) is 0 Å². The Kier molecular flexibility index (Phi) is 8.07. The monoisotopic (exact) mass is 474 g/mol. The first-order valence-electron chi connectivity index (χ1n) is 9.76. The first-order chi connectivity index (χ1) is 13.9. The van der Waals surface area contributed by atoms with E-state index < -0.39 is 8.07 Å². The first-order valence-corrected chi connectivity index (χ1v) is 14.0. The maximum Gasteiger partial charge on any atom is 0.184 e. The van der Waals surface area contributed by atoms with Crippen molar-refractivity contribution in [2.45, 2.75) is 32.2 Å². The quantitative estimate of drug-likeness (QED) is 0.427. The summed E-state index contributed by atoms with van der Waals surface area (Å²) in [6, 6.07) is 16.1. The van der Waals surface area contributed by atoms with Crippen LogP contribution in [0, 0.1) is 11.5 Å². The smallest absolute Gasteiger partial charge is 0.184 e. The van der Waals surface area contributed by atoms with Crippen molar-refractivity contribution in [2.75, 3.05) is 26.4 Å². The van der Waals surface area contributed by atoms with Gasteiger partial charge in [0, 0.05) is 21.2 Å². The van der Waals surface area contributed by atoms with Crippen LogP contribution in [0.2, 0.25) is 19.6 Å². The number of hydrogen-bond acceptors (Lipinski definition) is 4. The van der Waals surface area contributed by atoms with Gasteiger partial charge in [0.1, 0.15) is 8.07 Å². The van der Waals surface area contributed by atoms with Gasteiger partial charge in [-0.05, 0) is 24.3 Å². The summed E-state index contributed by atoms with van der Waals surface area (Å²) in [5.41, 5.74) is 6.57. The zero-order valence-electron chi connectivity index (χ0n) is 17.1. The zero-order valence-corrected chi connectivity index (χ0v) is 19.7. The molecule has 6 heteroatoms. The molecule has 2 saturated heterocycles. The van der Waals surface area contributed by atoms with Crippen LogP contribution in [0.1, 0.15) is 29.3 Å². The molecule has 2 fully saturated rings. The van der Waals surface area contributed by atoms with E-state index in [1.165, 1.54) is 0 Å². The van der Waals surface area contributed by atoms with Gasteiger partial charge in [0.25, 0.3) is 0 Å². The van der Waals surface area contributed by atoms with Gasteiger partial charge in [-0.3, -0.25) is 0 Å². The molecule has 0 unspecified atom stereocenters. The summed E-state index contributed by atoms with van der Waals surface area (Å²) in [6.07, 6.45) is -0.341. The summed E-state index contributed by atoms with van der Waals surface area (Å²) in [4.78, 5) is 0. The fraction of sp³-hybridized carbons (Fsp3) is 0.391. The molecule has 2 aliphatic rings. The van der Waals surface area contributed by atoms with Gasteiger partial charge in [-0.2, -0.15) is 0 Å². The van der Waals surface area contributed by atoms with Crippen LogP contribution in [0.4, 0.5) is 0 Å². The molecule has 154 valence electrons. The van der Waals surface area contributed by atoms with Gasteiger partial charge in [-0.25, -0.2) is 0 Å². The highest BCUT2D eigenvalue weighted by molar-refractivity contribution is 9.10. The van der Waals surface area contributed by atoms with Gasteiger partial charge in [0.15, 0.2) is 12.6 Å². The van der Waals surface area contributed by atoms with E-state index in [0.29, 0.717) is 26.4 Å². The Labute approximate surface area is 182 Å². The van der Waals surface area contributed by atoms with E-state index in [1.54, 1.807) is 0 Å². The van der Waals surface area contributed by atoms with Crippen molar-refractivity contribution >= 4 is 24.0 Å². The first kappa shape index (κ1) is 22.2. The van der Waals surface area contributed by atoms with E-state index in [4.69, 9.17) is 18.9 Å². The third kappa shape index (κ3) is 7.38. The second-order valence-electron chi connectivity index (χ2n) is 7.82. The lowest BCUT2D eigenvalue weighted by molar-refractivity contribution is -0.0443.